The zero-order chi connectivity index (χ0) is 15.0. The maximum atomic E-state index is 13.1. The van der Waals surface area contributed by atoms with Crippen molar-refractivity contribution in [3.8, 4) is 5.69 Å². The van der Waals surface area contributed by atoms with Crippen molar-refractivity contribution in [3.05, 3.63) is 41.8 Å². The molecule has 0 radical (unpaired) electrons. The van der Waals surface area contributed by atoms with Crippen molar-refractivity contribution in [1.82, 2.24) is 9.78 Å². The van der Waals surface area contributed by atoms with Crippen LogP contribution in [0, 0.1) is 11.7 Å². The number of nitrogens with one attached hydrogen (secondary N) is 1. The second kappa shape index (κ2) is 5.52. The molecule has 2 aromatic rings. The molecule has 0 spiro atoms. The summed E-state index contributed by atoms with van der Waals surface area (Å²) < 4.78 is 14.7. The standard InChI is InChI=1S/C15H16FN3OS/c1-9(2)14-12-7-17-19(11-5-3-10(16)4-6-11)15(12)18-13(20)8-21-14/h3-7,9,14H,8H2,1-2H3,(H,18,20)/t14-/m0/s1. The van der Waals surface area contributed by atoms with Crippen molar-refractivity contribution < 1.29 is 9.18 Å². The maximum Gasteiger partial charge on any atom is 0.235 e. The van der Waals surface area contributed by atoms with Crippen LogP contribution in [0.1, 0.15) is 24.7 Å². The number of halogens is 1. The Balaban J connectivity index is 2.09. The summed E-state index contributed by atoms with van der Waals surface area (Å²) in [5.41, 5.74) is 1.75. The number of aromatic nitrogens is 2. The third-order valence-corrected chi connectivity index (χ3v) is 5.02. The maximum absolute atomic E-state index is 13.1. The van der Waals surface area contributed by atoms with E-state index in [9.17, 15) is 9.18 Å². The molecular formula is C15H16FN3OS. The summed E-state index contributed by atoms with van der Waals surface area (Å²) in [5, 5.41) is 7.50. The first-order valence-electron chi connectivity index (χ1n) is 6.81. The van der Waals surface area contributed by atoms with Gasteiger partial charge in [-0.3, -0.25) is 4.79 Å². The van der Waals surface area contributed by atoms with Crippen LogP contribution < -0.4 is 5.32 Å². The van der Waals surface area contributed by atoms with Gasteiger partial charge < -0.3 is 5.32 Å². The third-order valence-electron chi connectivity index (χ3n) is 3.43. The van der Waals surface area contributed by atoms with Crippen LogP contribution in [0.2, 0.25) is 0 Å². The summed E-state index contributed by atoms with van der Waals surface area (Å²) in [5.74, 6) is 1.19. The van der Waals surface area contributed by atoms with Gasteiger partial charge in [-0.15, -0.1) is 11.8 Å². The Morgan fingerprint density at radius 2 is 2.10 bits per heavy atom. The van der Waals surface area contributed by atoms with E-state index < -0.39 is 0 Å². The minimum absolute atomic E-state index is 0.0340. The highest BCUT2D eigenvalue weighted by atomic mass is 32.2. The number of hydrogen-bond acceptors (Lipinski definition) is 3. The van der Waals surface area contributed by atoms with Crippen LogP contribution in [-0.4, -0.2) is 21.4 Å². The van der Waals surface area contributed by atoms with Crippen LogP contribution in [0.4, 0.5) is 10.2 Å². The van der Waals surface area contributed by atoms with Crippen LogP contribution in [0.5, 0.6) is 0 Å². The Bertz CT molecular complexity index is 666. The number of carbonyl (C=O) groups excluding carboxylic acids is 1. The Hall–Kier alpha value is -1.82. The predicted molar refractivity (Wildman–Crippen MR) is 82.2 cm³/mol. The van der Waals surface area contributed by atoms with E-state index in [1.165, 1.54) is 12.1 Å². The van der Waals surface area contributed by atoms with Gasteiger partial charge in [-0.05, 0) is 30.2 Å². The molecule has 0 saturated heterocycles. The minimum Gasteiger partial charge on any atom is -0.310 e. The van der Waals surface area contributed by atoms with E-state index in [0.717, 1.165) is 11.3 Å². The molecule has 0 fully saturated rings. The fraction of sp³-hybridized carbons (Fsp3) is 0.333. The molecule has 0 unspecified atom stereocenters. The fourth-order valence-electron chi connectivity index (χ4n) is 2.45. The molecule has 0 saturated carbocycles. The number of carbonyl (C=O) groups is 1. The summed E-state index contributed by atoms with van der Waals surface area (Å²) in [7, 11) is 0. The molecule has 1 aliphatic rings. The van der Waals surface area contributed by atoms with Gasteiger partial charge in [0.05, 0.1) is 17.6 Å². The molecule has 6 heteroatoms. The van der Waals surface area contributed by atoms with Gasteiger partial charge >= 0.3 is 0 Å². The van der Waals surface area contributed by atoms with Crippen LogP contribution in [-0.2, 0) is 4.79 Å². The normalized spacial score (nSPS) is 18.3. The Kier molecular flexibility index (Phi) is 3.71. The summed E-state index contributed by atoms with van der Waals surface area (Å²) >= 11 is 1.63. The zero-order valence-electron chi connectivity index (χ0n) is 11.8. The van der Waals surface area contributed by atoms with Crippen LogP contribution in [0.15, 0.2) is 30.5 Å². The summed E-state index contributed by atoms with van der Waals surface area (Å²) in [4.78, 5) is 11.9. The van der Waals surface area contributed by atoms with Gasteiger partial charge in [0.2, 0.25) is 5.91 Å². The summed E-state index contributed by atoms with van der Waals surface area (Å²) in [6.45, 7) is 4.26. The van der Waals surface area contributed by atoms with E-state index >= 15 is 0 Å². The number of rotatable bonds is 2. The number of anilines is 1. The predicted octanol–water partition coefficient (Wildman–Crippen LogP) is 3.39. The van der Waals surface area contributed by atoms with Gasteiger partial charge in [-0.2, -0.15) is 5.10 Å². The Morgan fingerprint density at radius 3 is 2.76 bits per heavy atom. The molecule has 110 valence electrons. The van der Waals surface area contributed by atoms with Crippen molar-refractivity contribution in [3.63, 3.8) is 0 Å². The Morgan fingerprint density at radius 1 is 1.38 bits per heavy atom. The van der Waals surface area contributed by atoms with E-state index in [1.807, 2.05) is 0 Å². The number of nitrogens with zero attached hydrogens (tertiary/aromatic N) is 2. The van der Waals surface area contributed by atoms with Gasteiger partial charge in [0, 0.05) is 10.8 Å². The van der Waals surface area contributed by atoms with Crippen molar-refractivity contribution in [2.75, 3.05) is 11.1 Å². The highest BCUT2D eigenvalue weighted by Crippen LogP contribution is 2.41. The van der Waals surface area contributed by atoms with Crippen molar-refractivity contribution in [1.29, 1.82) is 0 Å². The molecule has 4 nitrogen and oxygen atoms in total. The lowest BCUT2D eigenvalue weighted by molar-refractivity contribution is -0.113. The quantitative estimate of drug-likeness (QED) is 0.925. The molecule has 1 aromatic carbocycles. The number of benzene rings is 1. The minimum atomic E-state index is -0.295. The zero-order valence-corrected chi connectivity index (χ0v) is 12.7. The van der Waals surface area contributed by atoms with Crippen LogP contribution in [0.3, 0.4) is 0 Å². The number of fused-ring (bicyclic) bond motifs is 1. The van der Waals surface area contributed by atoms with Crippen LogP contribution in [0.25, 0.3) is 5.69 Å². The first kappa shape index (κ1) is 14.1. The number of thioether (sulfide) groups is 1. The van der Waals surface area contributed by atoms with Gasteiger partial charge in [-0.25, -0.2) is 9.07 Å². The molecule has 1 atom stereocenters. The second-order valence-electron chi connectivity index (χ2n) is 5.36. The smallest absolute Gasteiger partial charge is 0.235 e. The lowest BCUT2D eigenvalue weighted by Crippen LogP contribution is -2.15. The van der Waals surface area contributed by atoms with Crippen molar-refractivity contribution in [2.24, 2.45) is 5.92 Å². The highest BCUT2D eigenvalue weighted by molar-refractivity contribution is 8.00. The molecule has 0 aliphatic carbocycles. The van der Waals surface area contributed by atoms with E-state index in [2.05, 4.69) is 24.3 Å². The monoisotopic (exact) mass is 305 g/mol. The molecule has 0 bridgehead atoms. The van der Waals surface area contributed by atoms with E-state index in [4.69, 9.17) is 0 Å². The largest absolute Gasteiger partial charge is 0.310 e. The van der Waals surface area contributed by atoms with Crippen molar-refractivity contribution >= 4 is 23.5 Å². The van der Waals surface area contributed by atoms with Gasteiger partial charge in [0.1, 0.15) is 11.6 Å². The molecular weight excluding hydrogens is 289 g/mol. The van der Waals surface area contributed by atoms with E-state index in [1.54, 1.807) is 34.8 Å². The SMILES string of the molecule is CC(C)[C@@H]1SCC(=O)Nc2c1cnn2-c1ccc(F)cc1. The molecule has 2 heterocycles. The van der Waals surface area contributed by atoms with Crippen molar-refractivity contribution in [2.45, 2.75) is 19.1 Å². The van der Waals surface area contributed by atoms with E-state index in [0.29, 0.717) is 17.5 Å². The lowest BCUT2D eigenvalue weighted by atomic mass is 10.0. The highest BCUT2D eigenvalue weighted by Gasteiger charge is 2.28. The first-order valence-corrected chi connectivity index (χ1v) is 7.86. The van der Waals surface area contributed by atoms with E-state index in [-0.39, 0.29) is 17.0 Å². The van der Waals surface area contributed by atoms with Crippen LogP contribution >= 0.6 is 11.8 Å². The molecule has 1 amide bonds. The fourth-order valence-corrected chi connectivity index (χ4v) is 3.59. The average Bonchev–Trinajstić information content (AvgIpc) is 2.75. The Labute approximate surface area is 126 Å². The lowest BCUT2D eigenvalue weighted by Gasteiger charge is -2.17. The average molecular weight is 305 g/mol. The second-order valence-corrected chi connectivity index (χ2v) is 6.49. The topological polar surface area (TPSA) is 46.9 Å². The van der Waals surface area contributed by atoms with Gasteiger partial charge in [0.25, 0.3) is 0 Å². The number of hydrogen-bond donors (Lipinski definition) is 1. The summed E-state index contributed by atoms with van der Waals surface area (Å²) in [6, 6.07) is 6.07. The first-order chi connectivity index (χ1) is 10.1. The molecule has 3 rings (SSSR count). The third kappa shape index (κ3) is 2.68. The molecule has 1 aliphatic heterocycles. The molecule has 21 heavy (non-hydrogen) atoms. The van der Waals surface area contributed by atoms with Gasteiger partial charge in [0.15, 0.2) is 0 Å². The molecule has 1 aromatic heterocycles. The summed E-state index contributed by atoms with van der Waals surface area (Å²) in [6.07, 6.45) is 1.79. The number of amides is 1. The van der Waals surface area contributed by atoms with Gasteiger partial charge in [-0.1, -0.05) is 13.8 Å². The molecule has 1 N–H and O–H groups in total.